The number of nitrogens with zero attached hydrogens (tertiary/aromatic N) is 2. The fourth-order valence-electron chi connectivity index (χ4n) is 3.62. The molecule has 3 aromatic rings. The lowest BCUT2D eigenvalue weighted by molar-refractivity contribution is 0.0920. The van der Waals surface area contributed by atoms with Crippen LogP contribution in [0.2, 0.25) is 0 Å². The Morgan fingerprint density at radius 2 is 1.70 bits per heavy atom. The third-order valence-corrected chi connectivity index (χ3v) is 5.37. The molecule has 6 nitrogen and oxygen atoms in total. The number of pyridine rings is 2. The summed E-state index contributed by atoms with van der Waals surface area (Å²) in [5, 5.41) is 6.37. The van der Waals surface area contributed by atoms with Gasteiger partial charge in [-0.2, -0.15) is 0 Å². The Labute approximate surface area is 176 Å². The van der Waals surface area contributed by atoms with Crippen molar-refractivity contribution < 1.29 is 9.53 Å². The second-order valence-corrected chi connectivity index (χ2v) is 7.75. The van der Waals surface area contributed by atoms with Crippen LogP contribution in [0.3, 0.4) is 0 Å². The second-order valence-electron chi connectivity index (χ2n) is 7.75. The van der Waals surface area contributed by atoms with Crippen molar-refractivity contribution in [1.29, 1.82) is 0 Å². The average molecular weight is 402 g/mol. The summed E-state index contributed by atoms with van der Waals surface area (Å²) in [6.45, 7) is 2.27. The Morgan fingerprint density at radius 1 is 0.933 bits per heavy atom. The number of amides is 1. The highest BCUT2D eigenvalue weighted by atomic mass is 16.5. The number of benzene rings is 1. The van der Waals surface area contributed by atoms with E-state index in [1.54, 1.807) is 24.5 Å². The van der Waals surface area contributed by atoms with Crippen LogP contribution in [-0.4, -0.2) is 21.9 Å². The first-order chi connectivity index (χ1) is 14.7. The van der Waals surface area contributed by atoms with Crippen molar-refractivity contribution in [3.63, 3.8) is 0 Å². The van der Waals surface area contributed by atoms with Gasteiger partial charge in [-0.25, -0.2) is 9.97 Å². The molecule has 0 atom stereocenters. The van der Waals surface area contributed by atoms with E-state index in [0.717, 1.165) is 43.1 Å². The molecule has 2 N–H and O–H groups in total. The van der Waals surface area contributed by atoms with Gasteiger partial charge in [-0.1, -0.05) is 13.0 Å². The largest absolute Gasteiger partial charge is 0.438 e. The Balaban J connectivity index is 1.41. The minimum Gasteiger partial charge on any atom is -0.438 e. The number of hydrogen-bond donors (Lipinski definition) is 2. The van der Waals surface area contributed by atoms with Gasteiger partial charge in [-0.05, 0) is 80.1 Å². The first-order valence-corrected chi connectivity index (χ1v) is 10.4. The zero-order valence-electron chi connectivity index (χ0n) is 17.0. The first-order valence-electron chi connectivity index (χ1n) is 10.4. The SMILES string of the molecule is CC1CCC(NC(=O)c2cccnc2Oc2ccc(Nc3ccccn3)cc2)CC1. The van der Waals surface area contributed by atoms with Gasteiger partial charge in [0.25, 0.3) is 5.91 Å². The van der Waals surface area contributed by atoms with E-state index in [4.69, 9.17) is 4.74 Å². The van der Waals surface area contributed by atoms with Crippen LogP contribution in [0.15, 0.2) is 67.0 Å². The van der Waals surface area contributed by atoms with Crippen LogP contribution in [0.5, 0.6) is 11.6 Å². The Hall–Kier alpha value is -3.41. The highest BCUT2D eigenvalue weighted by Gasteiger charge is 2.22. The van der Waals surface area contributed by atoms with E-state index in [-0.39, 0.29) is 11.9 Å². The van der Waals surface area contributed by atoms with Gasteiger partial charge in [-0.3, -0.25) is 4.79 Å². The van der Waals surface area contributed by atoms with Crippen molar-refractivity contribution in [3.8, 4) is 11.6 Å². The predicted octanol–water partition coefficient (Wildman–Crippen LogP) is 5.32. The minimum absolute atomic E-state index is 0.133. The van der Waals surface area contributed by atoms with Gasteiger partial charge in [0, 0.05) is 24.1 Å². The number of hydrogen-bond acceptors (Lipinski definition) is 5. The summed E-state index contributed by atoms with van der Waals surface area (Å²) >= 11 is 0. The molecule has 0 spiro atoms. The fourth-order valence-corrected chi connectivity index (χ4v) is 3.62. The van der Waals surface area contributed by atoms with Crippen molar-refractivity contribution in [2.24, 2.45) is 5.92 Å². The number of carbonyl (C=O) groups excluding carboxylic acids is 1. The van der Waals surface area contributed by atoms with Gasteiger partial charge >= 0.3 is 0 Å². The zero-order chi connectivity index (χ0) is 20.8. The van der Waals surface area contributed by atoms with E-state index in [2.05, 4.69) is 27.5 Å². The molecule has 0 radical (unpaired) electrons. The normalized spacial score (nSPS) is 18.4. The number of nitrogens with one attached hydrogen (secondary N) is 2. The molecule has 0 aliphatic heterocycles. The van der Waals surface area contributed by atoms with Gasteiger partial charge in [0.05, 0.1) is 0 Å². The molecule has 1 aliphatic rings. The van der Waals surface area contributed by atoms with Crippen LogP contribution in [0, 0.1) is 5.92 Å². The van der Waals surface area contributed by atoms with Crippen molar-refractivity contribution in [1.82, 2.24) is 15.3 Å². The van der Waals surface area contributed by atoms with Crippen LogP contribution in [-0.2, 0) is 0 Å². The lowest BCUT2D eigenvalue weighted by Crippen LogP contribution is -2.37. The molecule has 1 amide bonds. The van der Waals surface area contributed by atoms with Crippen LogP contribution in [0.1, 0.15) is 43.0 Å². The van der Waals surface area contributed by atoms with Crippen LogP contribution in [0.25, 0.3) is 0 Å². The van der Waals surface area contributed by atoms with E-state index in [0.29, 0.717) is 17.2 Å². The highest BCUT2D eigenvalue weighted by Crippen LogP contribution is 2.27. The number of ether oxygens (including phenoxy) is 1. The van der Waals surface area contributed by atoms with Gasteiger partial charge in [0.15, 0.2) is 0 Å². The summed E-state index contributed by atoms with van der Waals surface area (Å²) in [7, 11) is 0. The molecule has 4 rings (SSSR count). The predicted molar refractivity (Wildman–Crippen MR) is 117 cm³/mol. The van der Waals surface area contributed by atoms with Crippen molar-refractivity contribution in [2.45, 2.75) is 38.6 Å². The summed E-state index contributed by atoms with van der Waals surface area (Å²) in [5.41, 5.74) is 1.35. The zero-order valence-corrected chi connectivity index (χ0v) is 17.0. The molecular formula is C24H26N4O2. The molecule has 0 saturated heterocycles. The van der Waals surface area contributed by atoms with Crippen molar-refractivity contribution >= 4 is 17.4 Å². The van der Waals surface area contributed by atoms with E-state index in [9.17, 15) is 4.79 Å². The third kappa shape index (κ3) is 5.14. The lowest BCUT2D eigenvalue weighted by Gasteiger charge is -2.27. The maximum absolute atomic E-state index is 12.8. The molecule has 0 unspecified atom stereocenters. The van der Waals surface area contributed by atoms with E-state index >= 15 is 0 Å². The van der Waals surface area contributed by atoms with E-state index < -0.39 is 0 Å². The van der Waals surface area contributed by atoms with E-state index in [1.807, 2.05) is 42.5 Å². The Morgan fingerprint density at radius 3 is 2.43 bits per heavy atom. The summed E-state index contributed by atoms with van der Waals surface area (Å²) < 4.78 is 5.93. The molecule has 1 aromatic carbocycles. The summed E-state index contributed by atoms with van der Waals surface area (Å²) in [6, 6.07) is 16.9. The Kier molecular flexibility index (Phi) is 6.23. The Bertz CT molecular complexity index is 968. The summed E-state index contributed by atoms with van der Waals surface area (Å²) in [4.78, 5) is 21.3. The molecule has 2 heterocycles. The van der Waals surface area contributed by atoms with Gasteiger partial charge in [0.2, 0.25) is 5.88 Å². The quantitative estimate of drug-likeness (QED) is 0.583. The highest BCUT2D eigenvalue weighted by molar-refractivity contribution is 5.96. The maximum Gasteiger partial charge on any atom is 0.257 e. The summed E-state index contributed by atoms with van der Waals surface area (Å²) in [5.74, 6) is 2.30. The molecule has 6 heteroatoms. The van der Waals surface area contributed by atoms with Gasteiger partial charge in [-0.15, -0.1) is 0 Å². The number of rotatable bonds is 6. The van der Waals surface area contributed by atoms with Crippen molar-refractivity contribution in [3.05, 3.63) is 72.6 Å². The molecule has 154 valence electrons. The van der Waals surface area contributed by atoms with E-state index in [1.165, 1.54) is 0 Å². The number of aromatic nitrogens is 2. The molecule has 2 aromatic heterocycles. The minimum atomic E-state index is -0.133. The average Bonchev–Trinajstić information content (AvgIpc) is 2.78. The molecule has 1 fully saturated rings. The number of carbonyl (C=O) groups is 1. The standard InChI is InChI=1S/C24H26N4O2/c1-17-7-9-19(10-8-17)28-23(29)21-5-4-16-26-24(21)30-20-13-11-18(12-14-20)27-22-6-2-3-15-25-22/h2-6,11-17,19H,7-10H2,1H3,(H,25,27)(H,28,29). The fraction of sp³-hybridized carbons (Fsp3) is 0.292. The topological polar surface area (TPSA) is 76.1 Å². The van der Waals surface area contributed by atoms with Crippen molar-refractivity contribution in [2.75, 3.05) is 5.32 Å². The van der Waals surface area contributed by atoms with Crippen LogP contribution >= 0.6 is 0 Å². The smallest absolute Gasteiger partial charge is 0.257 e. The molecule has 1 aliphatic carbocycles. The second kappa shape index (κ2) is 9.39. The maximum atomic E-state index is 12.8. The molecular weight excluding hydrogens is 376 g/mol. The first kappa shape index (κ1) is 19.9. The third-order valence-electron chi connectivity index (χ3n) is 5.37. The number of anilines is 2. The van der Waals surface area contributed by atoms with Gasteiger partial charge < -0.3 is 15.4 Å². The summed E-state index contributed by atoms with van der Waals surface area (Å²) in [6.07, 6.45) is 7.72. The van der Waals surface area contributed by atoms with Crippen LogP contribution in [0.4, 0.5) is 11.5 Å². The molecule has 0 bridgehead atoms. The lowest BCUT2D eigenvalue weighted by atomic mass is 9.87. The monoisotopic (exact) mass is 402 g/mol. The molecule has 1 saturated carbocycles. The molecule has 30 heavy (non-hydrogen) atoms. The van der Waals surface area contributed by atoms with Gasteiger partial charge in [0.1, 0.15) is 17.1 Å². The van der Waals surface area contributed by atoms with Crippen LogP contribution < -0.4 is 15.4 Å².